The number of hydrogen-bond donors (Lipinski definition) is 1. The topological polar surface area (TPSA) is 41.6 Å². The molecule has 0 aliphatic carbocycles. The van der Waals surface area contributed by atoms with E-state index in [1.165, 1.54) is 0 Å². The Morgan fingerprint density at radius 2 is 2.06 bits per heavy atom. The van der Waals surface area contributed by atoms with Crippen molar-refractivity contribution in [3.8, 4) is 5.75 Å². The summed E-state index contributed by atoms with van der Waals surface area (Å²) in [5, 5.41) is 3.02. The highest BCUT2D eigenvalue weighted by Crippen LogP contribution is 2.22. The van der Waals surface area contributed by atoms with Gasteiger partial charge in [0.15, 0.2) is 5.11 Å². The Morgan fingerprint density at radius 1 is 1.38 bits per heavy atom. The number of nitrogens with zero attached hydrogens (tertiary/aromatic N) is 1. The van der Waals surface area contributed by atoms with E-state index in [4.69, 9.17) is 17.0 Å². The zero-order valence-corrected chi connectivity index (χ0v) is 9.58. The number of thiocarbonyl (C=S) groups is 1. The van der Waals surface area contributed by atoms with Crippen LogP contribution in [0.1, 0.15) is 6.42 Å². The number of methoxy groups -OCH3 is 1. The molecule has 1 aliphatic heterocycles. The molecule has 2 rings (SSSR count). The fourth-order valence-electron chi connectivity index (χ4n) is 1.45. The maximum absolute atomic E-state index is 11.1. The summed E-state index contributed by atoms with van der Waals surface area (Å²) in [6.45, 7) is 1.77. The first-order valence-electron chi connectivity index (χ1n) is 4.81. The molecule has 4 nitrogen and oxygen atoms in total. The number of anilines is 1. The van der Waals surface area contributed by atoms with E-state index < -0.39 is 0 Å². The van der Waals surface area contributed by atoms with E-state index >= 15 is 0 Å². The van der Waals surface area contributed by atoms with Crippen LogP contribution in [-0.4, -0.2) is 18.1 Å². The van der Waals surface area contributed by atoms with Gasteiger partial charge in [-0.3, -0.25) is 4.79 Å². The lowest BCUT2D eigenvalue weighted by molar-refractivity contribution is -0.119. The maximum Gasteiger partial charge on any atom is 0.228 e. The van der Waals surface area contributed by atoms with Crippen LogP contribution in [0, 0.1) is 6.54 Å². The van der Waals surface area contributed by atoms with Crippen molar-refractivity contribution in [1.82, 2.24) is 5.32 Å². The number of nitrogens with one attached hydrogen (secondary N) is 1. The van der Waals surface area contributed by atoms with Crippen LogP contribution in [0.5, 0.6) is 5.75 Å². The predicted octanol–water partition coefficient (Wildman–Crippen LogP) is 1.47. The number of hydrogen-bond acceptors (Lipinski definition) is 3. The van der Waals surface area contributed by atoms with Crippen molar-refractivity contribution in [2.24, 2.45) is 0 Å². The summed E-state index contributed by atoms with van der Waals surface area (Å²) in [6, 6.07) is 7.47. The molecule has 1 aromatic rings. The molecule has 0 unspecified atom stereocenters. The lowest BCUT2D eigenvalue weighted by atomic mass is 10.2. The molecule has 83 valence electrons. The molecule has 1 aromatic carbocycles. The minimum Gasteiger partial charge on any atom is -0.497 e. The van der Waals surface area contributed by atoms with Gasteiger partial charge in [-0.1, -0.05) is 0 Å². The number of carbonyl (C=O) groups excluding carboxylic acids is 1. The molecular formula is C11H11N2O2S. The molecule has 1 N–H and O–H groups in total. The van der Waals surface area contributed by atoms with E-state index in [-0.39, 0.29) is 5.91 Å². The van der Waals surface area contributed by atoms with Crippen molar-refractivity contribution in [2.75, 3.05) is 12.0 Å². The number of carbonyl (C=O) groups is 1. The summed E-state index contributed by atoms with van der Waals surface area (Å²) in [5.41, 5.74) is 0.908. The third-order valence-corrected chi connectivity index (χ3v) is 2.57. The van der Waals surface area contributed by atoms with Gasteiger partial charge in [0.2, 0.25) is 5.91 Å². The van der Waals surface area contributed by atoms with Crippen molar-refractivity contribution in [2.45, 2.75) is 6.42 Å². The molecule has 1 aliphatic rings. The Balaban J connectivity index is 2.17. The Hall–Kier alpha value is -1.62. The Bertz CT molecular complexity index is 416. The van der Waals surface area contributed by atoms with Gasteiger partial charge >= 0.3 is 0 Å². The molecule has 0 atom stereocenters. The molecule has 0 spiro atoms. The van der Waals surface area contributed by atoms with E-state index in [1.807, 2.05) is 24.3 Å². The smallest absolute Gasteiger partial charge is 0.228 e. The molecule has 1 fully saturated rings. The molecule has 5 heteroatoms. The van der Waals surface area contributed by atoms with Crippen LogP contribution in [0.15, 0.2) is 24.3 Å². The second kappa shape index (κ2) is 4.49. The van der Waals surface area contributed by atoms with Gasteiger partial charge in [-0.25, -0.2) is 0 Å². The first-order valence-corrected chi connectivity index (χ1v) is 5.22. The average Bonchev–Trinajstić information content (AvgIpc) is 2.29. The highest BCUT2D eigenvalue weighted by Gasteiger charge is 2.21. The van der Waals surface area contributed by atoms with Gasteiger partial charge in [-0.15, -0.1) is 0 Å². The number of ether oxygens (including phenoxy) is 1. The summed E-state index contributed by atoms with van der Waals surface area (Å²) >= 11 is 5.08. The van der Waals surface area contributed by atoms with Crippen molar-refractivity contribution < 1.29 is 9.53 Å². The molecule has 1 heterocycles. The fraction of sp³-hybridized carbons (Fsp3) is 0.182. The Kier molecular flexibility index (Phi) is 3.05. The third-order valence-electron chi connectivity index (χ3n) is 2.28. The van der Waals surface area contributed by atoms with Crippen LogP contribution in [0.4, 0.5) is 5.69 Å². The van der Waals surface area contributed by atoms with Crippen molar-refractivity contribution in [3.63, 3.8) is 0 Å². The van der Waals surface area contributed by atoms with Gasteiger partial charge in [-0.05, 0) is 36.5 Å². The van der Waals surface area contributed by atoms with Crippen LogP contribution in [0.2, 0.25) is 0 Å². The fourth-order valence-corrected chi connectivity index (χ4v) is 1.75. The van der Waals surface area contributed by atoms with E-state index in [1.54, 1.807) is 18.6 Å². The third kappa shape index (κ3) is 2.14. The zero-order chi connectivity index (χ0) is 11.5. The van der Waals surface area contributed by atoms with Crippen LogP contribution in [0.3, 0.4) is 0 Å². The number of amides is 1. The molecule has 0 saturated carbocycles. The largest absolute Gasteiger partial charge is 0.497 e. The summed E-state index contributed by atoms with van der Waals surface area (Å²) in [4.78, 5) is 12.8. The van der Waals surface area contributed by atoms with Crippen molar-refractivity contribution >= 4 is 28.9 Å². The molecule has 1 saturated heterocycles. The number of benzene rings is 1. The Morgan fingerprint density at radius 3 is 2.62 bits per heavy atom. The predicted molar refractivity (Wildman–Crippen MR) is 65.1 cm³/mol. The lowest BCUT2D eigenvalue weighted by Crippen LogP contribution is -2.46. The minimum atomic E-state index is -0.0743. The van der Waals surface area contributed by atoms with Crippen LogP contribution in [0.25, 0.3) is 0 Å². The van der Waals surface area contributed by atoms with E-state index in [0.717, 1.165) is 11.4 Å². The summed E-state index contributed by atoms with van der Waals surface area (Å²) in [7, 11) is 1.62. The van der Waals surface area contributed by atoms with Crippen LogP contribution < -0.4 is 15.0 Å². The van der Waals surface area contributed by atoms with E-state index in [9.17, 15) is 4.79 Å². The van der Waals surface area contributed by atoms with Gasteiger partial charge in [-0.2, -0.15) is 0 Å². The van der Waals surface area contributed by atoms with E-state index in [0.29, 0.717) is 11.5 Å². The van der Waals surface area contributed by atoms with Gasteiger partial charge in [0.05, 0.1) is 13.7 Å². The van der Waals surface area contributed by atoms with E-state index in [2.05, 4.69) is 5.32 Å². The standard InChI is InChI=1S/C11H11N2O2S/c1-15-9-4-2-8(3-5-9)13-7-6-10(14)12-11(13)16/h2-5,7H,6H2,1H3,(H,12,14,16). The minimum absolute atomic E-state index is 0.0743. The molecule has 0 aromatic heterocycles. The van der Waals surface area contributed by atoms with Gasteiger partial charge in [0, 0.05) is 12.1 Å². The normalized spacial score (nSPS) is 15.9. The highest BCUT2D eigenvalue weighted by atomic mass is 32.1. The van der Waals surface area contributed by atoms with Crippen LogP contribution in [-0.2, 0) is 4.79 Å². The second-order valence-electron chi connectivity index (χ2n) is 3.31. The molecule has 1 amide bonds. The van der Waals surface area contributed by atoms with Crippen LogP contribution >= 0.6 is 12.2 Å². The summed E-state index contributed by atoms with van der Waals surface area (Å²) in [5.74, 6) is 0.713. The Labute approximate surface area is 99.2 Å². The first kappa shape index (κ1) is 10.9. The highest BCUT2D eigenvalue weighted by molar-refractivity contribution is 7.80. The van der Waals surface area contributed by atoms with Gasteiger partial charge in [0.25, 0.3) is 0 Å². The molecule has 0 bridgehead atoms. The summed E-state index contributed by atoms with van der Waals surface area (Å²) in [6.07, 6.45) is 0.339. The number of rotatable bonds is 2. The zero-order valence-electron chi connectivity index (χ0n) is 8.77. The molecule has 1 radical (unpaired) electrons. The second-order valence-corrected chi connectivity index (χ2v) is 3.69. The first-order chi connectivity index (χ1) is 7.70. The van der Waals surface area contributed by atoms with Gasteiger partial charge < -0.3 is 15.0 Å². The van der Waals surface area contributed by atoms with Gasteiger partial charge in [0.1, 0.15) is 5.75 Å². The quantitative estimate of drug-likeness (QED) is 0.788. The molecular weight excluding hydrogens is 224 g/mol. The van der Waals surface area contributed by atoms with Crippen molar-refractivity contribution in [1.29, 1.82) is 0 Å². The molecule has 16 heavy (non-hydrogen) atoms. The SMILES string of the molecule is COc1ccc(N2[CH]CC(=O)NC2=S)cc1. The summed E-state index contributed by atoms with van der Waals surface area (Å²) < 4.78 is 5.07. The monoisotopic (exact) mass is 235 g/mol. The maximum atomic E-state index is 11.1. The van der Waals surface area contributed by atoms with Crippen molar-refractivity contribution in [3.05, 3.63) is 30.8 Å². The lowest BCUT2D eigenvalue weighted by Gasteiger charge is -2.28. The average molecular weight is 235 g/mol.